The van der Waals surface area contributed by atoms with Gasteiger partial charge in [0.2, 0.25) is 0 Å². The molecule has 2 rings (SSSR count). The Kier molecular flexibility index (Phi) is 3.86. The van der Waals surface area contributed by atoms with Gasteiger partial charge in [-0.1, -0.05) is 17.7 Å². The molecular formula is C13H12O2S2. The number of hydrogen-bond acceptors (Lipinski definition) is 3. The Balaban J connectivity index is 2.00. The van der Waals surface area contributed by atoms with Gasteiger partial charge < -0.3 is 5.11 Å². The Morgan fingerprint density at radius 1 is 1.35 bits per heavy atom. The Morgan fingerprint density at radius 2 is 2.18 bits per heavy atom. The van der Waals surface area contributed by atoms with Crippen LogP contribution in [0.2, 0.25) is 0 Å². The van der Waals surface area contributed by atoms with Crippen LogP contribution in [0.3, 0.4) is 0 Å². The zero-order valence-electron chi connectivity index (χ0n) is 9.34. The second-order valence-electron chi connectivity index (χ2n) is 3.68. The van der Waals surface area contributed by atoms with Crippen LogP contribution in [-0.4, -0.2) is 11.1 Å². The highest BCUT2D eigenvalue weighted by Crippen LogP contribution is 2.27. The maximum absolute atomic E-state index is 10.7. The van der Waals surface area contributed by atoms with Gasteiger partial charge in [0.25, 0.3) is 0 Å². The van der Waals surface area contributed by atoms with E-state index in [4.69, 9.17) is 5.11 Å². The molecule has 88 valence electrons. The van der Waals surface area contributed by atoms with Crippen LogP contribution in [0.25, 0.3) is 0 Å². The lowest BCUT2D eigenvalue weighted by Gasteiger charge is -2.00. The Labute approximate surface area is 108 Å². The van der Waals surface area contributed by atoms with Gasteiger partial charge in [-0.25, -0.2) is 4.79 Å². The van der Waals surface area contributed by atoms with E-state index in [9.17, 15) is 4.79 Å². The summed E-state index contributed by atoms with van der Waals surface area (Å²) < 4.78 is 0. The Morgan fingerprint density at radius 3 is 2.82 bits per heavy atom. The van der Waals surface area contributed by atoms with Crippen molar-refractivity contribution in [2.75, 3.05) is 0 Å². The highest BCUT2D eigenvalue weighted by molar-refractivity contribution is 7.98. The average molecular weight is 264 g/mol. The number of thiophene rings is 1. The molecule has 17 heavy (non-hydrogen) atoms. The molecule has 1 aromatic heterocycles. The van der Waals surface area contributed by atoms with Gasteiger partial charge >= 0.3 is 5.97 Å². The van der Waals surface area contributed by atoms with Crippen molar-refractivity contribution in [3.63, 3.8) is 0 Å². The van der Waals surface area contributed by atoms with Crippen LogP contribution >= 0.6 is 23.1 Å². The molecule has 4 heteroatoms. The van der Waals surface area contributed by atoms with Crippen LogP contribution in [0.15, 0.2) is 41.3 Å². The third kappa shape index (κ3) is 3.35. The molecule has 2 nitrogen and oxygen atoms in total. The molecule has 1 aromatic carbocycles. The van der Waals surface area contributed by atoms with Gasteiger partial charge in [0.15, 0.2) is 0 Å². The van der Waals surface area contributed by atoms with E-state index >= 15 is 0 Å². The van der Waals surface area contributed by atoms with Gasteiger partial charge in [0, 0.05) is 15.5 Å². The smallest absolute Gasteiger partial charge is 0.345 e. The van der Waals surface area contributed by atoms with E-state index in [1.54, 1.807) is 17.8 Å². The van der Waals surface area contributed by atoms with Crippen molar-refractivity contribution in [2.24, 2.45) is 0 Å². The van der Waals surface area contributed by atoms with Crippen molar-refractivity contribution in [1.29, 1.82) is 0 Å². The van der Waals surface area contributed by atoms with Gasteiger partial charge in [-0.2, -0.15) is 0 Å². The molecule has 0 aliphatic rings. The summed E-state index contributed by atoms with van der Waals surface area (Å²) in [6.45, 7) is 2.07. The molecule has 0 bridgehead atoms. The van der Waals surface area contributed by atoms with Crippen LogP contribution < -0.4 is 0 Å². The van der Waals surface area contributed by atoms with Crippen molar-refractivity contribution in [3.8, 4) is 0 Å². The molecule has 0 aliphatic heterocycles. The fourth-order valence-corrected chi connectivity index (χ4v) is 3.33. The molecule has 1 heterocycles. The predicted octanol–water partition coefficient (Wildman–Crippen LogP) is 4.05. The first-order valence-electron chi connectivity index (χ1n) is 5.16. The van der Waals surface area contributed by atoms with E-state index in [2.05, 4.69) is 25.1 Å². The molecular weight excluding hydrogens is 252 g/mol. The summed E-state index contributed by atoms with van der Waals surface area (Å²) >= 11 is 3.07. The molecule has 0 spiro atoms. The average Bonchev–Trinajstić information content (AvgIpc) is 2.75. The monoisotopic (exact) mass is 264 g/mol. The van der Waals surface area contributed by atoms with Crippen molar-refractivity contribution < 1.29 is 9.90 Å². The van der Waals surface area contributed by atoms with Crippen LogP contribution in [0, 0.1) is 6.92 Å². The summed E-state index contributed by atoms with van der Waals surface area (Å²) in [6, 6.07) is 11.9. The molecule has 1 N–H and O–H groups in total. The summed E-state index contributed by atoms with van der Waals surface area (Å²) in [5.41, 5.74) is 1.24. The number of thioether (sulfide) groups is 1. The largest absolute Gasteiger partial charge is 0.477 e. The van der Waals surface area contributed by atoms with Gasteiger partial charge in [0.1, 0.15) is 4.88 Å². The fourth-order valence-electron chi connectivity index (χ4n) is 1.43. The van der Waals surface area contributed by atoms with Gasteiger partial charge in [0.05, 0.1) is 0 Å². The molecule has 0 unspecified atom stereocenters. The van der Waals surface area contributed by atoms with Gasteiger partial charge in [-0.3, -0.25) is 0 Å². The number of rotatable bonds is 4. The minimum Gasteiger partial charge on any atom is -0.477 e. The lowest BCUT2D eigenvalue weighted by molar-refractivity contribution is 0.0702. The third-order valence-corrected chi connectivity index (χ3v) is 4.54. The highest BCUT2D eigenvalue weighted by Gasteiger charge is 2.06. The van der Waals surface area contributed by atoms with Crippen molar-refractivity contribution in [1.82, 2.24) is 0 Å². The molecule has 0 atom stereocenters. The fraction of sp³-hybridized carbons (Fsp3) is 0.154. The summed E-state index contributed by atoms with van der Waals surface area (Å²) in [6.07, 6.45) is 0. The second-order valence-corrected chi connectivity index (χ2v) is 5.89. The van der Waals surface area contributed by atoms with Gasteiger partial charge in [-0.05, 0) is 31.2 Å². The molecule has 0 saturated carbocycles. The summed E-state index contributed by atoms with van der Waals surface area (Å²) in [4.78, 5) is 13.5. The maximum Gasteiger partial charge on any atom is 0.345 e. The first kappa shape index (κ1) is 12.2. The number of benzene rings is 1. The third-order valence-electron chi connectivity index (χ3n) is 2.24. The van der Waals surface area contributed by atoms with E-state index in [0.29, 0.717) is 4.88 Å². The lowest BCUT2D eigenvalue weighted by atomic mass is 10.2. The number of carbonyl (C=O) groups is 1. The molecule has 2 aromatic rings. The number of hydrogen-bond donors (Lipinski definition) is 1. The zero-order chi connectivity index (χ0) is 12.3. The topological polar surface area (TPSA) is 37.3 Å². The second kappa shape index (κ2) is 5.38. The highest BCUT2D eigenvalue weighted by atomic mass is 32.2. The number of aryl methyl sites for hydroxylation is 1. The normalized spacial score (nSPS) is 10.4. The first-order chi connectivity index (χ1) is 8.15. The maximum atomic E-state index is 10.7. The molecule has 0 radical (unpaired) electrons. The quantitative estimate of drug-likeness (QED) is 0.847. The lowest BCUT2D eigenvalue weighted by Crippen LogP contribution is -1.89. The van der Waals surface area contributed by atoms with E-state index < -0.39 is 5.97 Å². The number of carboxylic acids is 1. The first-order valence-corrected chi connectivity index (χ1v) is 6.97. The van der Waals surface area contributed by atoms with E-state index in [1.165, 1.54) is 21.8 Å². The van der Waals surface area contributed by atoms with Crippen LogP contribution in [0.4, 0.5) is 0 Å². The molecule has 0 amide bonds. The van der Waals surface area contributed by atoms with Crippen LogP contribution in [-0.2, 0) is 5.75 Å². The SMILES string of the molecule is Cc1cccc(SCc2ccc(C(=O)O)s2)c1. The van der Waals surface area contributed by atoms with E-state index in [1.807, 2.05) is 12.1 Å². The standard InChI is InChI=1S/C13H12O2S2/c1-9-3-2-4-10(7-9)16-8-11-5-6-12(17-11)13(14)15/h2-7H,8H2,1H3,(H,14,15). The number of carboxylic acid groups (broad SMARTS) is 1. The minimum atomic E-state index is -0.846. The van der Waals surface area contributed by atoms with Crippen molar-refractivity contribution in [3.05, 3.63) is 51.7 Å². The van der Waals surface area contributed by atoms with Crippen molar-refractivity contribution in [2.45, 2.75) is 17.6 Å². The van der Waals surface area contributed by atoms with E-state index in [-0.39, 0.29) is 0 Å². The Hall–Kier alpha value is -1.26. The Bertz CT molecular complexity index is 532. The summed E-state index contributed by atoms with van der Waals surface area (Å²) in [5, 5.41) is 8.82. The van der Waals surface area contributed by atoms with Crippen LogP contribution in [0.1, 0.15) is 20.1 Å². The zero-order valence-corrected chi connectivity index (χ0v) is 11.0. The minimum absolute atomic E-state index is 0.407. The number of aromatic carboxylic acids is 1. The molecule has 0 fully saturated rings. The van der Waals surface area contributed by atoms with Crippen molar-refractivity contribution >= 4 is 29.1 Å². The van der Waals surface area contributed by atoms with Gasteiger partial charge in [-0.15, -0.1) is 23.1 Å². The molecule has 0 saturated heterocycles. The summed E-state index contributed by atoms with van der Waals surface area (Å²) in [7, 11) is 0. The van der Waals surface area contributed by atoms with Crippen LogP contribution in [0.5, 0.6) is 0 Å². The van der Waals surface area contributed by atoms with E-state index in [0.717, 1.165) is 10.6 Å². The molecule has 0 aliphatic carbocycles. The summed E-state index contributed by atoms with van der Waals surface area (Å²) in [5.74, 6) is -0.0247. The predicted molar refractivity (Wildman–Crippen MR) is 72.0 cm³/mol.